The summed E-state index contributed by atoms with van der Waals surface area (Å²) in [6, 6.07) is 12.5. The van der Waals surface area contributed by atoms with Crippen molar-refractivity contribution in [1.29, 1.82) is 0 Å². The molecule has 0 aliphatic rings. The van der Waals surface area contributed by atoms with E-state index in [2.05, 4.69) is 20.5 Å². The van der Waals surface area contributed by atoms with Crippen molar-refractivity contribution < 1.29 is 4.79 Å². The predicted octanol–water partition coefficient (Wildman–Crippen LogP) is 2.47. The number of aryl methyl sites for hydroxylation is 2. The molecule has 30 heavy (non-hydrogen) atoms. The maximum Gasteiger partial charge on any atom is 0.295 e. The molecular formula is C22H22N6O2. The van der Waals surface area contributed by atoms with E-state index >= 15 is 0 Å². The Hall–Kier alpha value is -3.81. The van der Waals surface area contributed by atoms with E-state index in [-0.39, 0.29) is 5.91 Å². The van der Waals surface area contributed by atoms with Crippen molar-refractivity contribution in [2.24, 2.45) is 0 Å². The predicted molar refractivity (Wildman–Crippen MR) is 113 cm³/mol. The summed E-state index contributed by atoms with van der Waals surface area (Å²) in [6.07, 6.45) is 3.36. The number of nitrogens with one attached hydrogen (secondary N) is 1. The maximum atomic E-state index is 13.1. The van der Waals surface area contributed by atoms with Crippen LogP contribution in [0.15, 0.2) is 59.7 Å². The van der Waals surface area contributed by atoms with E-state index in [1.165, 1.54) is 4.68 Å². The summed E-state index contributed by atoms with van der Waals surface area (Å²) in [5.41, 5.74) is 3.13. The number of benzene rings is 1. The molecule has 0 radical (unpaired) electrons. The largest absolute Gasteiger partial charge is 0.350 e. The van der Waals surface area contributed by atoms with Crippen molar-refractivity contribution in [3.05, 3.63) is 82.2 Å². The molecule has 1 amide bonds. The lowest BCUT2D eigenvalue weighted by Crippen LogP contribution is -2.37. The molecule has 0 saturated heterocycles. The molecule has 1 atom stereocenters. The van der Waals surface area contributed by atoms with Gasteiger partial charge in [0.2, 0.25) is 5.91 Å². The highest BCUT2D eigenvalue weighted by Crippen LogP contribution is 2.21. The normalized spacial score (nSPS) is 12.1. The van der Waals surface area contributed by atoms with Crippen LogP contribution in [-0.4, -0.2) is 30.5 Å². The van der Waals surface area contributed by atoms with Crippen LogP contribution in [0.4, 0.5) is 0 Å². The van der Waals surface area contributed by atoms with E-state index in [4.69, 9.17) is 0 Å². The van der Waals surface area contributed by atoms with Crippen LogP contribution in [0.3, 0.4) is 0 Å². The van der Waals surface area contributed by atoms with Gasteiger partial charge in [0.25, 0.3) is 5.56 Å². The molecule has 3 heterocycles. The van der Waals surface area contributed by atoms with Gasteiger partial charge in [0, 0.05) is 18.9 Å². The molecular weight excluding hydrogens is 380 g/mol. The zero-order valence-electron chi connectivity index (χ0n) is 17.0. The number of pyridine rings is 1. The van der Waals surface area contributed by atoms with Crippen LogP contribution in [-0.2, 0) is 11.3 Å². The third-order valence-corrected chi connectivity index (χ3v) is 5.08. The number of para-hydroxylation sites is 1. The van der Waals surface area contributed by atoms with E-state index in [1.54, 1.807) is 30.1 Å². The van der Waals surface area contributed by atoms with Crippen molar-refractivity contribution in [3.63, 3.8) is 0 Å². The lowest BCUT2D eigenvalue weighted by Gasteiger charge is -2.14. The standard InChI is InChI=1S/C22H22N6O2/c1-14-19-15(2)27(18-9-5-4-6-10-18)26-20(19)22(30)28(25-14)16(3)21(29)24-13-17-8-7-11-23-12-17/h4-12,16H,13H2,1-3H3,(H,24,29). The van der Waals surface area contributed by atoms with Gasteiger partial charge in [-0.15, -0.1) is 0 Å². The molecule has 0 aliphatic carbocycles. The number of aromatic nitrogens is 5. The second kappa shape index (κ2) is 7.90. The number of fused-ring (bicyclic) bond motifs is 1. The highest BCUT2D eigenvalue weighted by atomic mass is 16.2. The minimum Gasteiger partial charge on any atom is -0.350 e. The summed E-state index contributed by atoms with van der Waals surface area (Å²) >= 11 is 0. The van der Waals surface area contributed by atoms with E-state index in [0.29, 0.717) is 23.1 Å². The Kier molecular flexibility index (Phi) is 5.14. The van der Waals surface area contributed by atoms with Crippen LogP contribution < -0.4 is 10.9 Å². The van der Waals surface area contributed by atoms with Gasteiger partial charge >= 0.3 is 0 Å². The number of rotatable bonds is 5. The molecule has 0 spiro atoms. The fourth-order valence-corrected chi connectivity index (χ4v) is 3.48. The third kappa shape index (κ3) is 3.47. The van der Waals surface area contributed by atoms with Crippen LogP contribution in [0.5, 0.6) is 0 Å². The molecule has 8 heteroatoms. The molecule has 1 N–H and O–H groups in total. The molecule has 3 aromatic heterocycles. The van der Waals surface area contributed by atoms with Gasteiger partial charge < -0.3 is 5.32 Å². The Labute approximate surface area is 173 Å². The molecule has 152 valence electrons. The number of amides is 1. The van der Waals surface area contributed by atoms with E-state index < -0.39 is 11.6 Å². The van der Waals surface area contributed by atoms with Crippen LogP contribution in [0, 0.1) is 13.8 Å². The minimum absolute atomic E-state index is 0.300. The fourth-order valence-electron chi connectivity index (χ4n) is 3.48. The summed E-state index contributed by atoms with van der Waals surface area (Å²) in [5.74, 6) is -0.300. The molecule has 0 saturated carbocycles. The quantitative estimate of drug-likeness (QED) is 0.553. The average molecular weight is 402 g/mol. The first-order valence-corrected chi connectivity index (χ1v) is 9.68. The first-order chi connectivity index (χ1) is 14.5. The van der Waals surface area contributed by atoms with Crippen molar-refractivity contribution >= 4 is 16.8 Å². The van der Waals surface area contributed by atoms with Crippen LogP contribution in [0.2, 0.25) is 0 Å². The lowest BCUT2D eigenvalue weighted by atomic mass is 10.2. The Morgan fingerprint density at radius 1 is 1.10 bits per heavy atom. The van der Waals surface area contributed by atoms with Gasteiger partial charge in [-0.25, -0.2) is 9.36 Å². The van der Waals surface area contributed by atoms with Crippen molar-refractivity contribution in [2.75, 3.05) is 0 Å². The molecule has 4 aromatic rings. The monoisotopic (exact) mass is 402 g/mol. The van der Waals surface area contributed by atoms with E-state index in [0.717, 1.165) is 16.9 Å². The third-order valence-electron chi connectivity index (χ3n) is 5.08. The second-order valence-electron chi connectivity index (χ2n) is 7.15. The van der Waals surface area contributed by atoms with Crippen molar-refractivity contribution in [2.45, 2.75) is 33.4 Å². The molecule has 4 rings (SSSR count). The van der Waals surface area contributed by atoms with Crippen LogP contribution in [0.25, 0.3) is 16.6 Å². The van der Waals surface area contributed by atoms with Crippen molar-refractivity contribution in [3.8, 4) is 5.69 Å². The minimum atomic E-state index is -0.778. The van der Waals surface area contributed by atoms with Crippen LogP contribution in [0.1, 0.15) is 29.9 Å². The molecule has 1 unspecified atom stereocenters. The maximum absolute atomic E-state index is 13.1. The van der Waals surface area contributed by atoms with E-state index in [1.807, 2.05) is 50.2 Å². The van der Waals surface area contributed by atoms with Crippen molar-refractivity contribution in [1.82, 2.24) is 29.9 Å². The van der Waals surface area contributed by atoms with Gasteiger partial charge in [-0.1, -0.05) is 24.3 Å². The SMILES string of the molecule is Cc1nn(C(C)C(=O)NCc2cccnc2)c(=O)c2nn(-c3ccccc3)c(C)c12. The Bertz CT molecular complexity index is 1260. The van der Waals surface area contributed by atoms with Gasteiger partial charge in [-0.05, 0) is 44.5 Å². The second-order valence-corrected chi connectivity index (χ2v) is 7.15. The smallest absolute Gasteiger partial charge is 0.295 e. The number of hydrogen-bond donors (Lipinski definition) is 1. The summed E-state index contributed by atoms with van der Waals surface area (Å²) in [6.45, 7) is 5.71. The van der Waals surface area contributed by atoms with Gasteiger partial charge in [-0.3, -0.25) is 14.6 Å². The van der Waals surface area contributed by atoms with E-state index in [9.17, 15) is 9.59 Å². The van der Waals surface area contributed by atoms with Crippen LogP contribution >= 0.6 is 0 Å². The Morgan fingerprint density at radius 2 is 1.87 bits per heavy atom. The zero-order chi connectivity index (χ0) is 21.3. The summed E-state index contributed by atoms with van der Waals surface area (Å²) in [5, 5.41) is 12.5. The Morgan fingerprint density at radius 3 is 2.57 bits per heavy atom. The van der Waals surface area contributed by atoms with Gasteiger partial charge in [0.05, 0.1) is 22.5 Å². The highest BCUT2D eigenvalue weighted by molar-refractivity contribution is 5.84. The molecule has 0 fully saturated rings. The topological polar surface area (TPSA) is 94.7 Å². The lowest BCUT2D eigenvalue weighted by molar-refractivity contribution is -0.124. The van der Waals surface area contributed by atoms with Gasteiger partial charge in [-0.2, -0.15) is 10.2 Å². The zero-order valence-corrected chi connectivity index (χ0v) is 17.0. The highest BCUT2D eigenvalue weighted by Gasteiger charge is 2.23. The first-order valence-electron chi connectivity index (χ1n) is 9.68. The first kappa shape index (κ1) is 19.5. The fraction of sp³-hybridized carbons (Fsp3) is 0.227. The number of carbonyl (C=O) groups excluding carboxylic acids is 1. The van der Waals surface area contributed by atoms with Gasteiger partial charge in [0.1, 0.15) is 6.04 Å². The van der Waals surface area contributed by atoms with Gasteiger partial charge in [0.15, 0.2) is 5.52 Å². The summed E-state index contributed by atoms with van der Waals surface area (Å²) < 4.78 is 2.94. The Balaban J connectivity index is 1.69. The summed E-state index contributed by atoms with van der Waals surface area (Å²) in [7, 11) is 0. The number of hydrogen-bond acceptors (Lipinski definition) is 5. The number of nitrogens with zero attached hydrogens (tertiary/aromatic N) is 5. The molecule has 8 nitrogen and oxygen atoms in total. The summed E-state index contributed by atoms with van der Waals surface area (Å²) in [4.78, 5) is 29.8. The molecule has 0 bridgehead atoms. The average Bonchev–Trinajstić information content (AvgIpc) is 3.13. The molecule has 0 aliphatic heterocycles. The molecule has 1 aromatic carbocycles. The number of carbonyl (C=O) groups is 1.